The molecule has 2 rings (SSSR count). The van der Waals surface area contributed by atoms with E-state index in [0.717, 1.165) is 11.1 Å². The van der Waals surface area contributed by atoms with Gasteiger partial charge in [0.2, 0.25) is 0 Å². The topological polar surface area (TPSA) is 94.4 Å². The quantitative estimate of drug-likeness (QED) is 0.246. The van der Waals surface area contributed by atoms with Gasteiger partial charge in [-0.2, -0.15) is 0 Å². The third-order valence-corrected chi connectivity index (χ3v) is 11.2. The van der Waals surface area contributed by atoms with E-state index in [1.54, 1.807) is 6.92 Å². The van der Waals surface area contributed by atoms with E-state index in [4.69, 9.17) is 18.9 Å². The molecular weight excluding hydrogens is 486 g/mol. The normalized spacial score (nSPS) is 15.2. The van der Waals surface area contributed by atoms with Crippen molar-refractivity contribution in [3.05, 3.63) is 71.8 Å². The van der Waals surface area contributed by atoms with Crippen LogP contribution in [0.25, 0.3) is 0 Å². The van der Waals surface area contributed by atoms with Crippen molar-refractivity contribution >= 4 is 26.0 Å². The molecule has 0 spiro atoms. The lowest BCUT2D eigenvalue weighted by Crippen LogP contribution is -2.50. The Labute approximate surface area is 222 Å². The average Bonchev–Trinajstić information content (AvgIpc) is 2.82. The van der Waals surface area contributed by atoms with Gasteiger partial charge in [0.15, 0.2) is 14.4 Å². The van der Waals surface area contributed by atoms with Gasteiger partial charge in [-0.3, -0.25) is 14.6 Å². The second-order valence-electron chi connectivity index (χ2n) is 10.7. The summed E-state index contributed by atoms with van der Waals surface area (Å²) in [6.07, 6.45) is -3.32. The van der Waals surface area contributed by atoms with E-state index in [9.17, 15) is 14.7 Å². The first-order valence-electron chi connectivity index (χ1n) is 12.6. The van der Waals surface area contributed by atoms with Gasteiger partial charge < -0.3 is 19.0 Å². The molecule has 0 aliphatic carbocycles. The molecule has 1 N–H and O–H groups in total. The third kappa shape index (κ3) is 8.91. The Balaban J connectivity index is 2.61. The lowest BCUT2D eigenvalue weighted by Gasteiger charge is -2.38. The Morgan fingerprint density at radius 3 is 1.76 bits per heavy atom. The zero-order valence-corrected chi connectivity index (χ0v) is 24.2. The van der Waals surface area contributed by atoms with Crippen LogP contribution in [0, 0.1) is 0 Å². The standard InChI is InChI=1S/C29H41NO6Si/c1-20(35-21(2)31)28(36-22(3)32)27(33)25(19-34-37(7,8)29(4,5)6)30-26(23-15-11-9-12-16-23)24-17-13-10-14-18-24/h9-18,20,25,27-28,33H,19H2,1-8H3/t20-,25+,27-,28+/m1/s1. The van der Waals surface area contributed by atoms with Gasteiger partial charge in [0.25, 0.3) is 0 Å². The van der Waals surface area contributed by atoms with E-state index >= 15 is 0 Å². The Morgan fingerprint density at radius 2 is 1.35 bits per heavy atom. The first-order chi connectivity index (χ1) is 17.2. The predicted octanol–water partition coefficient (Wildman–Crippen LogP) is 5.16. The number of aliphatic imine (C=N–C) groups is 1. The van der Waals surface area contributed by atoms with Crippen molar-refractivity contribution < 1.29 is 28.6 Å². The molecule has 202 valence electrons. The fourth-order valence-corrected chi connectivity index (χ4v) is 4.60. The van der Waals surface area contributed by atoms with Crippen molar-refractivity contribution in [3.8, 4) is 0 Å². The summed E-state index contributed by atoms with van der Waals surface area (Å²) < 4.78 is 17.3. The van der Waals surface area contributed by atoms with Gasteiger partial charge in [0, 0.05) is 25.0 Å². The van der Waals surface area contributed by atoms with Crippen LogP contribution >= 0.6 is 0 Å². The highest BCUT2D eigenvalue weighted by Gasteiger charge is 2.41. The molecule has 0 aliphatic rings. The first-order valence-corrected chi connectivity index (χ1v) is 15.5. The largest absolute Gasteiger partial charge is 0.459 e. The predicted molar refractivity (Wildman–Crippen MR) is 148 cm³/mol. The number of benzene rings is 2. The van der Waals surface area contributed by atoms with E-state index in [0.29, 0.717) is 5.71 Å². The molecule has 7 nitrogen and oxygen atoms in total. The number of esters is 2. The number of ether oxygens (including phenoxy) is 2. The highest BCUT2D eigenvalue weighted by atomic mass is 28.4. The molecule has 4 atom stereocenters. The number of nitrogens with zero attached hydrogens (tertiary/aromatic N) is 1. The highest BCUT2D eigenvalue weighted by Crippen LogP contribution is 2.37. The monoisotopic (exact) mass is 527 g/mol. The van der Waals surface area contributed by atoms with Crippen molar-refractivity contribution in [3.63, 3.8) is 0 Å². The number of carbonyl (C=O) groups is 2. The molecule has 0 unspecified atom stereocenters. The minimum Gasteiger partial charge on any atom is -0.459 e. The maximum Gasteiger partial charge on any atom is 0.303 e. The molecule has 0 bridgehead atoms. The van der Waals surface area contributed by atoms with Crippen LogP contribution in [0.3, 0.4) is 0 Å². The number of aliphatic hydroxyl groups excluding tert-OH is 1. The average molecular weight is 528 g/mol. The van der Waals surface area contributed by atoms with Crippen molar-refractivity contribution in [2.24, 2.45) is 4.99 Å². The molecule has 8 heteroatoms. The van der Waals surface area contributed by atoms with Gasteiger partial charge >= 0.3 is 11.9 Å². The number of rotatable bonds is 11. The van der Waals surface area contributed by atoms with E-state index in [1.807, 2.05) is 60.7 Å². The van der Waals surface area contributed by atoms with E-state index in [-0.39, 0.29) is 11.6 Å². The van der Waals surface area contributed by atoms with Gasteiger partial charge in [-0.25, -0.2) is 0 Å². The Bertz CT molecular complexity index is 1010. The maximum atomic E-state index is 12.0. The van der Waals surface area contributed by atoms with Crippen molar-refractivity contribution in [1.82, 2.24) is 0 Å². The molecule has 2 aromatic carbocycles. The minimum absolute atomic E-state index is 0.0613. The van der Waals surface area contributed by atoms with Crippen LogP contribution in [0.5, 0.6) is 0 Å². The summed E-state index contributed by atoms with van der Waals surface area (Å²) in [5.41, 5.74) is 2.41. The fourth-order valence-electron chi connectivity index (χ4n) is 3.58. The molecular formula is C29H41NO6Si. The van der Waals surface area contributed by atoms with Crippen LogP contribution in [0.1, 0.15) is 52.7 Å². The van der Waals surface area contributed by atoms with E-state index < -0.39 is 44.6 Å². The number of hydrogen-bond acceptors (Lipinski definition) is 7. The third-order valence-electron chi connectivity index (χ3n) is 6.66. The van der Waals surface area contributed by atoms with Crippen LogP contribution in [0.2, 0.25) is 18.1 Å². The van der Waals surface area contributed by atoms with Gasteiger partial charge in [-0.05, 0) is 25.1 Å². The molecule has 0 saturated heterocycles. The van der Waals surface area contributed by atoms with Crippen molar-refractivity contribution in [1.29, 1.82) is 0 Å². The molecule has 37 heavy (non-hydrogen) atoms. The smallest absolute Gasteiger partial charge is 0.303 e. The van der Waals surface area contributed by atoms with Gasteiger partial charge in [-0.15, -0.1) is 0 Å². The highest BCUT2D eigenvalue weighted by molar-refractivity contribution is 6.74. The Hall–Kier alpha value is -2.81. The minimum atomic E-state index is -2.22. The van der Waals surface area contributed by atoms with Crippen LogP contribution < -0.4 is 0 Å². The summed E-state index contributed by atoms with van der Waals surface area (Å²) in [5, 5.41) is 11.5. The molecule has 0 saturated carbocycles. The first kappa shape index (κ1) is 30.4. The summed E-state index contributed by atoms with van der Waals surface area (Å²) in [5.74, 6) is -1.13. The fraction of sp³-hybridized carbons (Fsp3) is 0.483. The van der Waals surface area contributed by atoms with Gasteiger partial charge in [0.1, 0.15) is 18.2 Å². The van der Waals surface area contributed by atoms with Gasteiger partial charge in [-0.1, -0.05) is 81.4 Å². The summed E-state index contributed by atoms with van der Waals surface area (Å²) in [6.45, 7) is 14.9. The second kappa shape index (κ2) is 13.1. The Kier molecular flexibility index (Phi) is 10.8. The zero-order chi connectivity index (χ0) is 27.8. The second-order valence-corrected chi connectivity index (χ2v) is 15.5. The zero-order valence-electron chi connectivity index (χ0n) is 23.2. The molecule has 0 aliphatic heterocycles. The summed E-state index contributed by atoms with van der Waals surface area (Å²) >= 11 is 0. The summed E-state index contributed by atoms with van der Waals surface area (Å²) in [7, 11) is -2.22. The number of hydrogen-bond donors (Lipinski definition) is 1. The van der Waals surface area contributed by atoms with Crippen molar-refractivity contribution in [2.45, 2.75) is 84.0 Å². The van der Waals surface area contributed by atoms with E-state index in [2.05, 4.69) is 33.9 Å². The summed E-state index contributed by atoms with van der Waals surface area (Å²) in [6, 6.07) is 18.6. The lowest BCUT2D eigenvalue weighted by molar-refractivity contribution is -0.174. The summed E-state index contributed by atoms with van der Waals surface area (Å²) in [4.78, 5) is 28.6. The van der Waals surface area contributed by atoms with Crippen LogP contribution in [-0.2, 0) is 23.5 Å². The molecule has 0 heterocycles. The number of aliphatic hydroxyl groups is 1. The van der Waals surface area contributed by atoms with Gasteiger partial charge in [0.05, 0.1) is 12.3 Å². The SMILES string of the molecule is CC(=O)O[C@H]([C@H](O)[C@H](CO[Si](C)(C)C(C)(C)C)N=C(c1ccccc1)c1ccccc1)[C@@H](C)OC(C)=O. The molecule has 0 amide bonds. The lowest BCUT2D eigenvalue weighted by atomic mass is 9.99. The van der Waals surface area contributed by atoms with Crippen molar-refractivity contribution in [2.75, 3.05) is 6.61 Å². The number of carbonyl (C=O) groups excluding carboxylic acids is 2. The van der Waals surface area contributed by atoms with Crippen LogP contribution in [0.15, 0.2) is 65.7 Å². The van der Waals surface area contributed by atoms with Crippen LogP contribution in [-0.4, -0.2) is 62.0 Å². The molecule has 0 fully saturated rings. The van der Waals surface area contributed by atoms with Crippen LogP contribution in [0.4, 0.5) is 0 Å². The van der Waals surface area contributed by atoms with E-state index in [1.165, 1.54) is 13.8 Å². The molecule has 0 aromatic heterocycles. The Morgan fingerprint density at radius 1 is 0.892 bits per heavy atom. The molecule has 0 radical (unpaired) electrons. The maximum absolute atomic E-state index is 12.0. The molecule has 2 aromatic rings.